The van der Waals surface area contributed by atoms with E-state index < -0.39 is 45.9 Å². The fraction of sp³-hybridized carbons (Fsp3) is 0.0909. The van der Waals surface area contributed by atoms with Gasteiger partial charge < -0.3 is 20.8 Å². The first-order valence-corrected chi connectivity index (χ1v) is 9.09. The first-order valence-electron chi connectivity index (χ1n) is 9.09. The highest BCUT2D eigenvalue weighted by molar-refractivity contribution is 6.40. The quantitative estimate of drug-likeness (QED) is 0.410. The Morgan fingerprint density at radius 3 is 1.33 bits per heavy atom. The molecule has 2 aromatic carbocycles. The zero-order valence-electron chi connectivity index (χ0n) is 15.9. The molecule has 0 saturated carbocycles. The number of aliphatic hydroxyl groups excluding tert-OH is 2. The van der Waals surface area contributed by atoms with E-state index in [4.69, 9.17) is 10.8 Å². The molecular formula is C22H20N4O4. The van der Waals surface area contributed by atoms with Gasteiger partial charge in [-0.1, -0.05) is 60.7 Å². The van der Waals surface area contributed by atoms with Crippen LogP contribution in [0.4, 0.5) is 0 Å². The van der Waals surface area contributed by atoms with E-state index in [1.807, 2.05) is 12.1 Å². The summed E-state index contributed by atoms with van der Waals surface area (Å²) in [5.74, 6) is -3.34. The lowest BCUT2D eigenvalue weighted by Gasteiger charge is -2.20. The topological polar surface area (TPSA) is 146 Å². The van der Waals surface area contributed by atoms with Crippen molar-refractivity contribution >= 4 is 23.2 Å². The molecule has 0 unspecified atom stereocenters. The van der Waals surface area contributed by atoms with Crippen molar-refractivity contribution in [3.8, 4) is 0 Å². The molecule has 0 spiro atoms. The molecule has 0 aromatic heterocycles. The third-order valence-electron chi connectivity index (χ3n) is 4.49. The van der Waals surface area contributed by atoms with Crippen LogP contribution in [0.15, 0.2) is 83.3 Å². The molecule has 2 amide bonds. The van der Waals surface area contributed by atoms with Crippen LogP contribution in [-0.4, -0.2) is 33.5 Å². The Balaban J connectivity index is 1.74. The predicted octanol–water partition coefficient (Wildman–Crippen LogP) is 2.30. The normalized spacial score (nSPS) is 14.0. The molecular weight excluding hydrogens is 384 g/mol. The molecule has 0 fully saturated rings. The summed E-state index contributed by atoms with van der Waals surface area (Å²) >= 11 is 0. The van der Waals surface area contributed by atoms with Gasteiger partial charge >= 0.3 is 0 Å². The first-order chi connectivity index (χ1) is 14.4. The van der Waals surface area contributed by atoms with Gasteiger partial charge in [0.1, 0.15) is 22.6 Å². The molecule has 30 heavy (non-hydrogen) atoms. The van der Waals surface area contributed by atoms with Gasteiger partial charge in [0, 0.05) is 13.1 Å². The molecule has 3 rings (SSSR count). The van der Waals surface area contributed by atoms with E-state index in [9.17, 15) is 19.8 Å². The van der Waals surface area contributed by atoms with E-state index in [0.717, 1.165) is 11.1 Å². The minimum atomic E-state index is -0.840. The number of carbonyl (C=O) groups excluding carboxylic acids is 2. The molecule has 1 aliphatic carbocycles. The van der Waals surface area contributed by atoms with Gasteiger partial charge in [0.05, 0.1) is 0 Å². The van der Waals surface area contributed by atoms with E-state index in [2.05, 4.69) is 10.6 Å². The molecule has 0 bridgehead atoms. The number of allylic oxidation sites excluding steroid dienone is 2. The summed E-state index contributed by atoms with van der Waals surface area (Å²) in [5, 5.41) is 41.8. The first kappa shape index (κ1) is 20.5. The van der Waals surface area contributed by atoms with E-state index in [1.165, 1.54) is 0 Å². The van der Waals surface area contributed by atoms with Crippen molar-refractivity contribution in [2.45, 2.75) is 13.1 Å². The molecule has 1 aliphatic rings. The smallest absolute Gasteiger partial charge is 0.257 e. The highest BCUT2D eigenvalue weighted by atomic mass is 16.3. The van der Waals surface area contributed by atoms with Gasteiger partial charge in [-0.3, -0.25) is 20.4 Å². The molecule has 0 atom stereocenters. The lowest BCUT2D eigenvalue weighted by Crippen LogP contribution is -2.38. The van der Waals surface area contributed by atoms with Gasteiger partial charge in [-0.2, -0.15) is 0 Å². The Hall–Kier alpha value is -4.20. The molecule has 0 radical (unpaired) electrons. The van der Waals surface area contributed by atoms with Crippen molar-refractivity contribution in [2.75, 3.05) is 0 Å². The number of rotatable bonds is 6. The average molecular weight is 404 g/mol. The van der Waals surface area contributed by atoms with Crippen molar-refractivity contribution in [3.63, 3.8) is 0 Å². The maximum absolute atomic E-state index is 12.5. The van der Waals surface area contributed by atoms with Crippen LogP contribution in [-0.2, 0) is 22.7 Å². The number of hydrogen-bond acceptors (Lipinski definition) is 6. The summed E-state index contributed by atoms with van der Waals surface area (Å²) in [6, 6.07) is 18.0. The molecule has 152 valence electrons. The molecule has 0 heterocycles. The SMILES string of the molecule is N=C1C(O)=C(C(=O)NCc2ccccc2)C(=N)C(O)=C1C(=O)NCc1ccccc1. The van der Waals surface area contributed by atoms with Gasteiger partial charge in [0.2, 0.25) is 0 Å². The number of benzene rings is 2. The Labute approximate surface area is 172 Å². The second-order valence-corrected chi connectivity index (χ2v) is 6.53. The summed E-state index contributed by atoms with van der Waals surface area (Å²) in [6.07, 6.45) is 0. The lowest BCUT2D eigenvalue weighted by atomic mass is 9.91. The third-order valence-corrected chi connectivity index (χ3v) is 4.49. The van der Waals surface area contributed by atoms with Crippen LogP contribution in [0.25, 0.3) is 0 Å². The third kappa shape index (κ3) is 4.27. The molecule has 6 N–H and O–H groups in total. The summed E-state index contributed by atoms with van der Waals surface area (Å²) in [5.41, 5.74) is -0.980. The summed E-state index contributed by atoms with van der Waals surface area (Å²) < 4.78 is 0. The van der Waals surface area contributed by atoms with E-state index >= 15 is 0 Å². The maximum atomic E-state index is 12.5. The largest absolute Gasteiger partial charge is 0.505 e. The van der Waals surface area contributed by atoms with Gasteiger partial charge in [-0.25, -0.2) is 0 Å². The Kier molecular flexibility index (Phi) is 6.07. The summed E-state index contributed by atoms with van der Waals surface area (Å²) in [6.45, 7) is 0.262. The number of carbonyl (C=O) groups is 2. The fourth-order valence-electron chi connectivity index (χ4n) is 2.90. The molecule has 2 aromatic rings. The Morgan fingerprint density at radius 1 is 0.667 bits per heavy atom. The molecule has 0 saturated heterocycles. The molecule has 0 aliphatic heterocycles. The van der Waals surface area contributed by atoms with Crippen LogP contribution >= 0.6 is 0 Å². The zero-order valence-corrected chi connectivity index (χ0v) is 15.9. The Morgan fingerprint density at radius 2 is 1.00 bits per heavy atom. The highest BCUT2D eigenvalue weighted by Crippen LogP contribution is 2.23. The van der Waals surface area contributed by atoms with Gasteiger partial charge in [-0.15, -0.1) is 0 Å². The van der Waals surface area contributed by atoms with Crippen LogP contribution in [0.2, 0.25) is 0 Å². The number of amides is 2. The van der Waals surface area contributed by atoms with Crippen LogP contribution < -0.4 is 10.6 Å². The van der Waals surface area contributed by atoms with Crippen molar-refractivity contribution in [1.82, 2.24) is 10.6 Å². The van der Waals surface area contributed by atoms with Crippen LogP contribution in [0, 0.1) is 10.8 Å². The van der Waals surface area contributed by atoms with Gasteiger partial charge in [-0.05, 0) is 11.1 Å². The van der Waals surface area contributed by atoms with E-state index in [-0.39, 0.29) is 13.1 Å². The lowest BCUT2D eigenvalue weighted by molar-refractivity contribution is -0.118. The summed E-state index contributed by atoms with van der Waals surface area (Å²) in [7, 11) is 0. The van der Waals surface area contributed by atoms with Crippen molar-refractivity contribution < 1.29 is 19.8 Å². The van der Waals surface area contributed by atoms with Crippen LogP contribution in [0.3, 0.4) is 0 Å². The zero-order chi connectivity index (χ0) is 21.7. The number of nitrogens with one attached hydrogen (secondary N) is 4. The predicted molar refractivity (Wildman–Crippen MR) is 111 cm³/mol. The fourth-order valence-corrected chi connectivity index (χ4v) is 2.90. The monoisotopic (exact) mass is 404 g/mol. The van der Waals surface area contributed by atoms with E-state index in [1.54, 1.807) is 48.5 Å². The van der Waals surface area contributed by atoms with Crippen LogP contribution in [0.5, 0.6) is 0 Å². The van der Waals surface area contributed by atoms with E-state index in [0.29, 0.717) is 0 Å². The minimum absolute atomic E-state index is 0.131. The van der Waals surface area contributed by atoms with Crippen molar-refractivity contribution in [1.29, 1.82) is 10.8 Å². The number of hydrogen-bond donors (Lipinski definition) is 6. The molecule has 8 heteroatoms. The minimum Gasteiger partial charge on any atom is -0.505 e. The van der Waals surface area contributed by atoms with Gasteiger partial charge in [0.25, 0.3) is 11.8 Å². The van der Waals surface area contributed by atoms with Crippen molar-refractivity contribution in [3.05, 3.63) is 94.5 Å². The average Bonchev–Trinajstić information content (AvgIpc) is 2.76. The van der Waals surface area contributed by atoms with Crippen molar-refractivity contribution in [2.24, 2.45) is 0 Å². The second kappa shape index (κ2) is 8.87. The standard InChI is InChI=1S/C22H20N4O4/c23-17-15(21(29)25-11-13-7-3-1-4-8-13)19(27)18(24)16(20(17)28)22(30)26-12-14-9-5-2-6-10-14/h1-10,23-24,27-28H,11-12H2,(H,25,29)(H,26,30). The maximum Gasteiger partial charge on any atom is 0.257 e. The van der Waals surface area contributed by atoms with Gasteiger partial charge in [0.15, 0.2) is 11.5 Å². The Bertz CT molecular complexity index is 985. The highest BCUT2D eigenvalue weighted by Gasteiger charge is 2.36. The summed E-state index contributed by atoms with van der Waals surface area (Å²) in [4.78, 5) is 24.9. The molecule has 8 nitrogen and oxygen atoms in total. The second-order valence-electron chi connectivity index (χ2n) is 6.53. The van der Waals surface area contributed by atoms with Crippen LogP contribution in [0.1, 0.15) is 11.1 Å². The number of aliphatic hydroxyl groups is 2.